The van der Waals surface area contributed by atoms with E-state index in [0.717, 1.165) is 0 Å². The zero-order chi connectivity index (χ0) is 18.8. The summed E-state index contributed by atoms with van der Waals surface area (Å²) < 4.78 is 24.8. The van der Waals surface area contributed by atoms with Gasteiger partial charge >= 0.3 is 7.12 Å². The van der Waals surface area contributed by atoms with Crippen LogP contribution in [0.5, 0.6) is 11.6 Å². The predicted octanol–water partition coefficient (Wildman–Crippen LogP) is 2.48. The number of halogens is 1. The van der Waals surface area contributed by atoms with E-state index in [2.05, 4.69) is 10.3 Å². The molecule has 2 N–H and O–H groups in total. The van der Waals surface area contributed by atoms with Crippen molar-refractivity contribution in [1.29, 1.82) is 0 Å². The monoisotopic (exact) mass is 364 g/mol. The number of aromatic nitrogens is 1. The number of anilines is 1. The number of para-hydroxylation sites is 1. The molecule has 134 valence electrons. The van der Waals surface area contributed by atoms with Crippen LogP contribution >= 0.6 is 0 Å². The Morgan fingerprint density at radius 1 is 1.22 bits per heavy atom. The van der Waals surface area contributed by atoms with Crippen molar-refractivity contribution in [2.45, 2.75) is 6.61 Å². The van der Waals surface area contributed by atoms with E-state index >= 15 is 0 Å². The molecule has 0 saturated heterocycles. The van der Waals surface area contributed by atoms with Crippen LogP contribution in [-0.2, 0) is 11.3 Å². The molecule has 0 aliphatic carbocycles. The molecular weight excluding hydrogens is 350 g/mol. The highest BCUT2D eigenvalue weighted by molar-refractivity contribution is 6.61. The van der Waals surface area contributed by atoms with Gasteiger partial charge in [-0.15, -0.1) is 0 Å². The van der Waals surface area contributed by atoms with Crippen molar-refractivity contribution in [3.8, 4) is 11.6 Å². The molecule has 0 atom stereocenters. The smallest absolute Gasteiger partial charge is 0.439 e. The number of rotatable bonds is 4. The highest BCUT2D eigenvalue weighted by atomic mass is 19.1. The summed E-state index contributed by atoms with van der Waals surface area (Å²) in [5.74, 6) is -0.320. The van der Waals surface area contributed by atoms with Crippen LogP contribution in [0.3, 0.4) is 0 Å². The number of pyridine rings is 1. The summed E-state index contributed by atoms with van der Waals surface area (Å²) in [6.07, 6.45) is 1.42. The van der Waals surface area contributed by atoms with Gasteiger partial charge in [0.2, 0.25) is 5.88 Å². The van der Waals surface area contributed by atoms with E-state index in [1.165, 1.54) is 18.3 Å². The van der Waals surface area contributed by atoms with Crippen molar-refractivity contribution in [3.63, 3.8) is 0 Å². The lowest BCUT2D eigenvalue weighted by Crippen LogP contribution is -2.30. The zero-order valence-electron chi connectivity index (χ0n) is 14.1. The van der Waals surface area contributed by atoms with Gasteiger partial charge in [0.25, 0.3) is 5.91 Å². The fourth-order valence-corrected chi connectivity index (χ4v) is 2.74. The number of nitrogens with zero attached hydrogens (tertiary/aromatic N) is 1. The number of fused-ring (bicyclic) bond motifs is 1. The van der Waals surface area contributed by atoms with E-state index in [9.17, 15) is 14.2 Å². The highest BCUT2D eigenvalue weighted by Crippen LogP contribution is 2.21. The molecule has 8 heteroatoms. The first kappa shape index (κ1) is 17.2. The first-order valence-corrected chi connectivity index (χ1v) is 8.22. The van der Waals surface area contributed by atoms with Crippen LogP contribution in [0.1, 0.15) is 15.9 Å². The first-order chi connectivity index (χ1) is 13.1. The Labute approximate surface area is 154 Å². The van der Waals surface area contributed by atoms with Gasteiger partial charge in [0.1, 0.15) is 11.6 Å². The Kier molecular flexibility index (Phi) is 4.58. The fourth-order valence-electron chi connectivity index (χ4n) is 2.74. The molecule has 0 unspecified atom stereocenters. The SMILES string of the molecule is O=C(Nc1ccc(Oc2ccccc2)nc1)c1cc2c(cc1F)COB2O. The van der Waals surface area contributed by atoms with Crippen LogP contribution in [0.4, 0.5) is 10.1 Å². The van der Waals surface area contributed by atoms with E-state index < -0.39 is 18.8 Å². The molecule has 0 spiro atoms. The van der Waals surface area contributed by atoms with Gasteiger partial charge in [-0.05, 0) is 41.4 Å². The van der Waals surface area contributed by atoms with Gasteiger partial charge in [-0.1, -0.05) is 18.2 Å². The average Bonchev–Trinajstić information content (AvgIpc) is 3.03. The molecule has 1 amide bonds. The zero-order valence-corrected chi connectivity index (χ0v) is 14.1. The molecule has 4 rings (SSSR count). The van der Waals surface area contributed by atoms with Crippen molar-refractivity contribution < 1.29 is 23.6 Å². The van der Waals surface area contributed by atoms with Crippen LogP contribution in [-0.4, -0.2) is 23.0 Å². The van der Waals surface area contributed by atoms with Crippen LogP contribution in [0.15, 0.2) is 60.8 Å². The lowest BCUT2D eigenvalue weighted by molar-refractivity contribution is 0.102. The van der Waals surface area contributed by atoms with E-state index in [4.69, 9.17) is 9.39 Å². The van der Waals surface area contributed by atoms with Crippen molar-refractivity contribution in [2.75, 3.05) is 5.32 Å². The largest absolute Gasteiger partial charge is 0.491 e. The average molecular weight is 364 g/mol. The standard InChI is InChI=1S/C19H14BFN2O4/c21-17-8-12-11-26-20(25)16(12)9-15(17)19(24)23-13-6-7-18(22-10-13)27-14-4-2-1-3-5-14/h1-10,25H,11H2,(H,23,24). The molecule has 2 aromatic carbocycles. The van der Waals surface area contributed by atoms with E-state index in [1.807, 2.05) is 18.2 Å². The number of ether oxygens (including phenoxy) is 1. The Balaban J connectivity index is 1.48. The highest BCUT2D eigenvalue weighted by Gasteiger charge is 2.30. The molecular formula is C19H14BFN2O4. The first-order valence-electron chi connectivity index (χ1n) is 8.22. The number of amides is 1. The Morgan fingerprint density at radius 3 is 2.78 bits per heavy atom. The Bertz CT molecular complexity index is 983. The number of benzene rings is 2. The minimum atomic E-state index is -1.15. The van der Waals surface area contributed by atoms with Gasteiger partial charge in [-0.3, -0.25) is 4.79 Å². The van der Waals surface area contributed by atoms with Crippen molar-refractivity contribution >= 4 is 24.2 Å². The summed E-state index contributed by atoms with van der Waals surface area (Å²) >= 11 is 0. The second-order valence-corrected chi connectivity index (χ2v) is 5.95. The second-order valence-electron chi connectivity index (χ2n) is 5.95. The fraction of sp³-hybridized carbons (Fsp3) is 0.0526. The summed E-state index contributed by atoms with van der Waals surface area (Å²) in [4.78, 5) is 16.5. The Morgan fingerprint density at radius 2 is 2.04 bits per heavy atom. The normalized spacial score (nSPS) is 12.6. The van der Waals surface area contributed by atoms with Gasteiger partial charge in [-0.25, -0.2) is 9.37 Å². The summed E-state index contributed by atoms with van der Waals surface area (Å²) in [5.41, 5.74) is 1.13. The van der Waals surface area contributed by atoms with Gasteiger partial charge < -0.3 is 19.7 Å². The molecule has 1 aromatic heterocycles. The molecule has 3 aromatic rings. The maximum Gasteiger partial charge on any atom is 0.491 e. The van der Waals surface area contributed by atoms with E-state index in [1.54, 1.807) is 24.3 Å². The molecule has 2 heterocycles. The van der Waals surface area contributed by atoms with Crippen LogP contribution in [0.25, 0.3) is 0 Å². The van der Waals surface area contributed by atoms with Crippen LogP contribution in [0, 0.1) is 5.82 Å². The third kappa shape index (κ3) is 3.67. The maximum absolute atomic E-state index is 14.2. The summed E-state index contributed by atoms with van der Waals surface area (Å²) in [6, 6.07) is 14.9. The summed E-state index contributed by atoms with van der Waals surface area (Å²) in [7, 11) is -1.15. The molecule has 27 heavy (non-hydrogen) atoms. The minimum Gasteiger partial charge on any atom is -0.439 e. The minimum absolute atomic E-state index is 0.113. The van der Waals surface area contributed by atoms with Gasteiger partial charge in [-0.2, -0.15) is 0 Å². The summed E-state index contributed by atoms with van der Waals surface area (Å²) in [6.45, 7) is 0.113. The molecule has 1 aliphatic rings. The van der Waals surface area contributed by atoms with E-state index in [0.29, 0.717) is 28.3 Å². The predicted molar refractivity (Wildman–Crippen MR) is 97.5 cm³/mol. The molecule has 6 nitrogen and oxygen atoms in total. The molecule has 0 saturated carbocycles. The van der Waals surface area contributed by atoms with Crippen LogP contribution in [0.2, 0.25) is 0 Å². The molecule has 0 fully saturated rings. The number of carbonyl (C=O) groups is 1. The topological polar surface area (TPSA) is 80.7 Å². The summed E-state index contributed by atoms with van der Waals surface area (Å²) in [5, 5.41) is 12.3. The Hall–Kier alpha value is -3.23. The molecule has 1 aliphatic heterocycles. The number of hydrogen-bond acceptors (Lipinski definition) is 5. The molecule has 0 bridgehead atoms. The third-order valence-corrected chi connectivity index (χ3v) is 4.10. The lowest BCUT2D eigenvalue weighted by Gasteiger charge is -2.09. The van der Waals surface area contributed by atoms with Crippen molar-refractivity contribution in [3.05, 3.63) is 77.7 Å². The van der Waals surface area contributed by atoms with Gasteiger partial charge in [0.15, 0.2) is 0 Å². The second kappa shape index (κ2) is 7.18. The third-order valence-electron chi connectivity index (χ3n) is 4.10. The van der Waals surface area contributed by atoms with Gasteiger partial charge in [0, 0.05) is 6.07 Å². The molecule has 0 radical (unpaired) electrons. The number of hydrogen-bond donors (Lipinski definition) is 2. The van der Waals surface area contributed by atoms with E-state index in [-0.39, 0.29) is 12.2 Å². The van der Waals surface area contributed by atoms with Crippen molar-refractivity contribution in [1.82, 2.24) is 4.98 Å². The number of nitrogens with one attached hydrogen (secondary N) is 1. The number of carbonyl (C=O) groups excluding carboxylic acids is 1. The van der Waals surface area contributed by atoms with Crippen molar-refractivity contribution in [2.24, 2.45) is 0 Å². The van der Waals surface area contributed by atoms with Crippen LogP contribution < -0.4 is 15.5 Å². The quantitative estimate of drug-likeness (QED) is 0.696. The van der Waals surface area contributed by atoms with Gasteiger partial charge in [0.05, 0.1) is 24.1 Å². The maximum atomic E-state index is 14.2. The lowest BCUT2D eigenvalue weighted by atomic mass is 9.78.